The van der Waals surface area contributed by atoms with Gasteiger partial charge in [0.25, 0.3) is 0 Å². The van der Waals surface area contributed by atoms with Crippen LogP contribution in [0, 0.1) is 6.92 Å². The summed E-state index contributed by atoms with van der Waals surface area (Å²) in [6.07, 6.45) is 4.35. The lowest BCUT2D eigenvalue weighted by atomic mass is 10.1. The summed E-state index contributed by atoms with van der Waals surface area (Å²) in [4.78, 5) is 7.77. The van der Waals surface area contributed by atoms with Gasteiger partial charge in [0, 0.05) is 5.69 Å². The zero-order chi connectivity index (χ0) is 10.6. The second-order valence-corrected chi connectivity index (χ2v) is 3.80. The third-order valence-electron chi connectivity index (χ3n) is 2.56. The fourth-order valence-electron chi connectivity index (χ4n) is 1.60. The summed E-state index contributed by atoms with van der Waals surface area (Å²) < 4.78 is 0. The van der Waals surface area contributed by atoms with Crippen molar-refractivity contribution in [3.05, 3.63) is 17.2 Å². The normalized spacial score (nSPS) is 13.1. The van der Waals surface area contributed by atoms with Gasteiger partial charge in [-0.2, -0.15) is 0 Å². The maximum Gasteiger partial charge on any atom is 0.123 e. The van der Waals surface area contributed by atoms with Crippen LogP contribution in [0.5, 0.6) is 0 Å². The molecule has 0 saturated heterocycles. The predicted molar refractivity (Wildman–Crippen MR) is 59.2 cm³/mol. The molecule has 0 spiro atoms. The summed E-state index contributed by atoms with van der Waals surface area (Å²) in [5.41, 5.74) is 8.33. The van der Waals surface area contributed by atoms with E-state index in [-0.39, 0.29) is 6.04 Å². The van der Waals surface area contributed by atoms with E-state index in [1.807, 2.05) is 0 Å². The highest BCUT2D eigenvalue weighted by atomic mass is 15.0. The highest BCUT2D eigenvalue weighted by molar-refractivity contribution is 5.14. The van der Waals surface area contributed by atoms with Crippen molar-refractivity contribution in [3.63, 3.8) is 0 Å². The second-order valence-electron chi connectivity index (χ2n) is 3.80. The Hall–Kier alpha value is -0.830. The molecule has 0 aliphatic carbocycles. The van der Waals surface area contributed by atoms with Crippen LogP contribution in [-0.4, -0.2) is 9.97 Å². The van der Waals surface area contributed by atoms with Crippen molar-refractivity contribution in [1.29, 1.82) is 0 Å². The van der Waals surface area contributed by atoms with E-state index in [2.05, 4.69) is 30.7 Å². The van der Waals surface area contributed by atoms with Crippen LogP contribution in [-0.2, 0) is 6.42 Å². The van der Waals surface area contributed by atoms with Crippen molar-refractivity contribution in [2.75, 3.05) is 0 Å². The summed E-state index contributed by atoms with van der Waals surface area (Å²) >= 11 is 0. The molecule has 0 fully saturated rings. The van der Waals surface area contributed by atoms with Gasteiger partial charge in [0.1, 0.15) is 5.82 Å². The molecule has 1 unspecified atom stereocenters. The maximum atomic E-state index is 6.02. The number of imidazole rings is 1. The van der Waals surface area contributed by atoms with Crippen molar-refractivity contribution in [3.8, 4) is 0 Å². The van der Waals surface area contributed by atoms with Crippen LogP contribution in [0.4, 0.5) is 0 Å². The number of nitrogens with two attached hydrogens (primary N) is 1. The third kappa shape index (κ3) is 2.58. The zero-order valence-electron chi connectivity index (χ0n) is 9.43. The first-order valence-corrected chi connectivity index (χ1v) is 5.50. The van der Waals surface area contributed by atoms with E-state index in [1.54, 1.807) is 0 Å². The van der Waals surface area contributed by atoms with E-state index < -0.39 is 0 Å². The molecule has 0 aliphatic heterocycles. The number of nitrogens with one attached hydrogen (secondary N) is 1. The number of H-pyrrole nitrogens is 1. The lowest BCUT2D eigenvalue weighted by Crippen LogP contribution is -2.11. The van der Waals surface area contributed by atoms with Crippen molar-refractivity contribution in [2.45, 2.75) is 52.5 Å². The largest absolute Gasteiger partial charge is 0.345 e. The summed E-state index contributed by atoms with van der Waals surface area (Å²) in [6.45, 7) is 6.35. The average molecular weight is 195 g/mol. The number of aryl methyl sites for hydroxylation is 2. The van der Waals surface area contributed by atoms with Crippen LogP contribution in [0.25, 0.3) is 0 Å². The smallest absolute Gasteiger partial charge is 0.123 e. The molecule has 1 aromatic rings. The third-order valence-corrected chi connectivity index (χ3v) is 2.56. The van der Waals surface area contributed by atoms with Gasteiger partial charge in [-0.25, -0.2) is 4.98 Å². The van der Waals surface area contributed by atoms with Gasteiger partial charge >= 0.3 is 0 Å². The lowest BCUT2D eigenvalue weighted by Gasteiger charge is -2.06. The molecule has 0 amide bonds. The zero-order valence-corrected chi connectivity index (χ0v) is 9.43. The molecule has 0 radical (unpaired) electrons. The first-order valence-electron chi connectivity index (χ1n) is 5.50. The average Bonchev–Trinajstić information content (AvgIpc) is 2.56. The Balaban J connectivity index is 2.65. The Morgan fingerprint density at radius 3 is 2.64 bits per heavy atom. The molecule has 0 aliphatic rings. The van der Waals surface area contributed by atoms with Crippen molar-refractivity contribution < 1.29 is 0 Å². The Morgan fingerprint density at radius 1 is 1.43 bits per heavy atom. The summed E-state index contributed by atoms with van der Waals surface area (Å²) in [7, 11) is 0. The number of rotatable bonds is 5. The molecule has 80 valence electrons. The predicted octanol–water partition coefficient (Wildman–Crippen LogP) is 2.47. The lowest BCUT2D eigenvalue weighted by molar-refractivity contribution is 0.579. The number of hydrogen-bond donors (Lipinski definition) is 2. The molecule has 3 N–H and O–H groups in total. The van der Waals surface area contributed by atoms with Gasteiger partial charge in [-0.1, -0.05) is 26.7 Å². The molecule has 14 heavy (non-hydrogen) atoms. The van der Waals surface area contributed by atoms with Crippen molar-refractivity contribution in [1.82, 2.24) is 9.97 Å². The molecule has 1 aromatic heterocycles. The highest BCUT2D eigenvalue weighted by Gasteiger charge is 2.11. The first kappa shape index (κ1) is 11.2. The van der Waals surface area contributed by atoms with Crippen molar-refractivity contribution >= 4 is 0 Å². The van der Waals surface area contributed by atoms with Gasteiger partial charge in [-0.05, 0) is 19.8 Å². The number of aromatic amines is 1. The Labute approximate surface area is 86.1 Å². The van der Waals surface area contributed by atoms with E-state index in [0.29, 0.717) is 0 Å². The number of aromatic nitrogens is 2. The van der Waals surface area contributed by atoms with Gasteiger partial charge in [-0.15, -0.1) is 0 Å². The number of nitrogens with zero attached hydrogens (tertiary/aromatic N) is 1. The van der Waals surface area contributed by atoms with Gasteiger partial charge in [0.2, 0.25) is 0 Å². The Kier molecular flexibility index (Phi) is 4.14. The summed E-state index contributed by atoms with van der Waals surface area (Å²) in [5.74, 6) is 0.952. The fourth-order valence-corrected chi connectivity index (χ4v) is 1.60. The van der Waals surface area contributed by atoms with Crippen LogP contribution in [0.2, 0.25) is 0 Å². The minimum atomic E-state index is 0.0777. The van der Waals surface area contributed by atoms with E-state index in [4.69, 9.17) is 5.73 Å². The van der Waals surface area contributed by atoms with Crippen molar-refractivity contribution in [2.24, 2.45) is 5.73 Å². The molecular formula is C11H21N3. The summed E-state index contributed by atoms with van der Waals surface area (Å²) in [5, 5.41) is 0. The minimum Gasteiger partial charge on any atom is -0.345 e. The van der Waals surface area contributed by atoms with Crippen LogP contribution in [0.1, 0.15) is 56.4 Å². The molecule has 0 aromatic carbocycles. The van der Waals surface area contributed by atoms with Crippen LogP contribution in [0.15, 0.2) is 0 Å². The Bertz CT molecular complexity index is 278. The van der Waals surface area contributed by atoms with E-state index in [9.17, 15) is 0 Å². The van der Waals surface area contributed by atoms with Gasteiger partial charge in [0.05, 0.1) is 11.7 Å². The van der Waals surface area contributed by atoms with E-state index in [1.165, 1.54) is 12.8 Å². The van der Waals surface area contributed by atoms with E-state index in [0.717, 1.165) is 30.1 Å². The quantitative estimate of drug-likeness (QED) is 0.758. The molecule has 1 heterocycles. The van der Waals surface area contributed by atoms with E-state index >= 15 is 0 Å². The molecule has 1 atom stereocenters. The molecule has 3 heteroatoms. The van der Waals surface area contributed by atoms with Crippen LogP contribution >= 0.6 is 0 Å². The molecule has 0 saturated carbocycles. The number of unbranched alkanes of at least 4 members (excludes halogenated alkanes) is 1. The molecular weight excluding hydrogens is 174 g/mol. The highest BCUT2D eigenvalue weighted by Crippen LogP contribution is 2.15. The monoisotopic (exact) mass is 195 g/mol. The SMILES string of the molecule is CCCCC(N)c1nc(CC)c(C)[nH]1. The fraction of sp³-hybridized carbons (Fsp3) is 0.727. The van der Waals surface area contributed by atoms with Crippen LogP contribution < -0.4 is 5.73 Å². The standard InChI is InChI=1S/C11H21N3/c1-4-6-7-9(12)11-13-8(3)10(5-2)14-11/h9H,4-7,12H2,1-3H3,(H,13,14). The maximum absolute atomic E-state index is 6.02. The minimum absolute atomic E-state index is 0.0777. The van der Waals surface area contributed by atoms with Gasteiger partial charge < -0.3 is 10.7 Å². The van der Waals surface area contributed by atoms with Crippen LogP contribution in [0.3, 0.4) is 0 Å². The second kappa shape index (κ2) is 5.15. The topological polar surface area (TPSA) is 54.7 Å². The Morgan fingerprint density at radius 2 is 2.14 bits per heavy atom. The van der Waals surface area contributed by atoms with Gasteiger partial charge in [0.15, 0.2) is 0 Å². The molecule has 1 rings (SSSR count). The summed E-state index contributed by atoms with van der Waals surface area (Å²) in [6, 6.07) is 0.0777. The number of hydrogen-bond acceptors (Lipinski definition) is 2. The first-order chi connectivity index (χ1) is 6.69. The molecule has 3 nitrogen and oxygen atoms in total. The molecule has 0 bridgehead atoms. The van der Waals surface area contributed by atoms with Gasteiger partial charge in [-0.3, -0.25) is 0 Å².